The zero-order valence-corrected chi connectivity index (χ0v) is 30.4. The van der Waals surface area contributed by atoms with E-state index in [4.69, 9.17) is 11.6 Å². The van der Waals surface area contributed by atoms with Crippen LogP contribution in [-0.4, -0.2) is 16.3 Å². The first-order valence-corrected chi connectivity index (χ1v) is 18.9. The van der Waals surface area contributed by atoms with Gasteiger partial charge in [0.25, 0.3) is 5.82 Å². The van der Waals surface area contributed by atoms with E-state index < -0.39 is 0 Å². The van der Waals surface area contributed by atoms with Gasteiger partial charge in [-0.2, -0.15) is 9.13 Å². The molecular formula is C50H42N3+. The number of imidazole rings is 1. The highest BCUT2D eigenvalue weighted by atomic mass is 15.2. The molecule has 6 aromatic carbocycles. The van der Waals surface area contributed by atoms with Gasteiger partial charge in [0.15, 0.2) is 11.0 Å². The van der Waals surface area contributed by atoms with Crippen LogP contribution in [0.2, 0.25) is 0 Å². The molecule has 0 radical (unpaired) electrons. The summed E-state index contributed by atoms with van der Waals surface area (Å²) in [4.78, 5) is 5.43. The van der Waals surface area contributed by atoms with Gasteiger partial charge in [-0.25, -0.2) is 0 Å². The van der Waals surface area contributed by atoms with Crippen molar-refractivity contribution < 1.29 is 4.57 Å². The summed E-state index contributed by atoms with van der Waals surface area (Å²) in [6.45, 7) is 13.9. The summed E-state index contributed by atoms with van der Waals surface area (Å²) >= 11 is 0. The number of hydrogen-bond acceptors (Lipinski definition) is 1. The fourth-order valence-corrected chi connectivity index (χ4v) is 9.58. The maximum absolute atomic E-state index is 5.43. The predicted octanol–water partition coefficient (Wildman–Crippen LogP) is 11.5. The van der Waals surface area contributed by atoms with Crippen molar-refractivity contribution in [3.8, 4) is 39.3 Å². The van der Waals surface area contributed by atoms with Crippen LogP contribution in [0.15, 0.2) is 164 Å². The Balaban J connectivity index is 1.26. The SMILES string of the molecule is C=CC1=NC2CC(=C)[n+]3c(n(-c4ccc(-c5ccccc5)cc4)c4ccccc43)-c3cc4c(cc3CCC2c2ccccc21)C(C)(C)c1ccccc1-4. The minimum absolute atomic E-state index is 0.0506. The molecule has 2 unspecified atom stereocenters. The van der Waals surface area contributed by atoms with Gasteiger partial charge in [0, 0.05) is 23.3 Å². The van der Waals surface area contributed by atoms with Crippen molar-refractivity contribution in [1.82, 2.24) is 4.57 Å². The number of allylic oxidation sites excluding steroid dienone is 1. The molecule has 3 nitrogen and oxygen atoms in total. The number of fused-ring (bicyclic) bond motifs is 11. The molecule has 0 amide bonds. The Hall–Kier alpha value is -6.06. The van der Waals surface area contributed by atoms with E-state index in [0.717, 1.165) is 53.2 Å². The largest absolute Gasteiger partial charge is 0.300 e. The van der Waals surface area contributed by atoms with Gasteiger partial charge in [-0.15, -0.1) is 0 Å². The molecule has 3 heterocycles. The molecule has 2 atom stereocenters. The molecule has 0 N–H and O–H groups in total. The molecule has 0 fully saturated rings. The molecule has 3 heteroatoms. The van der Waals surface area contributed by atoms with Crippen LogP contribution < -0.4 is 4.57 Å². The first kappa shape index (κ1) is 31.7. The van der Waals surface area contributed by atoms with Crippen LogP contribution in [0.25, 0.3) is 56.1 Å². The third-order valence-corrected chi connectivity index (χ3v) is 12.2. The smallest absolute Gasteiger partial charge is 0.280 e. The molecule has 0 saturated carbocycles. The van der Waals surface area contributed by atoms with E-state index in [1.807, 2.05) is 6.08 Å². The summed E-state index contributed by atoms with van der Waals surface area (Å²) in [6.07, 6.45) is 4.60. The van der Waals surface area contributed by atoms with Gasteiger partial charge in [0.1, 0.15) is 11.4 Å². The highest BCUT2D eigenvalue weighted by Crippen LogP contribution is 2.51. The third-order valence-electron chi connectivity index (χ3n) is 12.2. The Kier molecular flexibility index (Phi) is 7.17. The zero-order chi connectivity index (χ0) is 35.8. The summed E-state index contributed by atoms with van der Waals surface area (Å²) in [7, 11) is 0. The molecule has 7 aromatic rings. The predicted molar refractivity (Wildman–Crippen MR) is 220 cm³/mol. The average molecular weight is 685 g/mol. The number of rotatable bonds is 3. The summed E-state index contributed by atoms with van der Waals surface area (Å²) in [5.74, 6) is 1.41. The number of hydrogen-bond donors (Lipinski definition) is 0. The molecule has 0 bridgehead atoms. The van der Waals surface area contributed by atoms with Crippen molar-refractivity contribution in [2.24, 2.45) is 4.99 Å². The number of nitrogens with zero attached hydrogens (tertiary/aromatic N) is 3. The van der Waals surface area contributed by atoms with Gasteiger partial charge in [0.2, 0.25) is 0 Å². The van der Waals surface area contributed by atoms with Gasteiger partial charge in [-0.1, -0.05) is 136 Å². The highest BCUT2D eigenvalue weighted by Gasteiger charge is 2.40. The Labute approximate surface area is 311 Å². The van der Waals surface area contributed by atoms with Crippen LogP contribution in [0.3, 0.4) is 0 Å². The zero-order valence-electron chi connectivity index (χ0n) is 30.4. The molecular weight excluding hydrogens is 643 g/mol. The average Bonchev–Trinajstić information content (AvgIpc) is 3.66. The lowest BCUT2D eigenvalue weighted by atomic mass is 9.77. The minimum atomic E-state index is -0.0983. The second-order valence-corrected chi connectivity index (χ2v) is 15.4. The van der Waals surface area contributed by atoms with E-state index in [1.54, 1.807) is 0 Å². The first-order valence-electron chi connectivity index (χ1n) is 18.9. The highest BCUT2D eigenvalue weighted by molar-refractivity contribution is 6.10. The minimum Gasteiger partial charge on any atom is -0.280 e. The second-order valence-electron chi connectivity index (χ2n) is 15.4. The van der Waals surface area contributed by atoms with Gasteiger partial charge < -0.3 is 0 Å². The molecule has 53 heavy (non-hydrogen) atoms. The standard InChI is InChI=1S/C50H42N3/c1-5-45-39-19-10-9-17-37(39)40-28-25-35-30-44-42(38-18-11-12-20-43(38)50(44,3)4)31-41(35)49-52(32(2)29-46(40)51-45)47-21-13-14-22-48(47)53(49)36-26-23-34(24-27-36)33-15-7-6-8-16-33/h5-24,26-27,30-31,40,46H,1-2,25,28-29H2,3-4H3/q+1. The van der Waals surface area contributed by atoms with E-state index in [1.165, 1.54) is 55.6 Å². The number of aryl methyl sites for hydroxylation is 1. The van der Waals surface area contributed by atoms with Crippen molar-refractivity contribution >= 4 is 22.4 Å². The second kappa shape index (κ2) is 12.0. The molecule has 256 valence electrons. The Morgan fingerprint density at radius 1 is 0.717 bits per heavy atom. The van der Waals surface area contributed by atoms with Crippen molar-refractivity contribution in [2.75, 3.05) is 0 Å². The molecule has 0 spiro atoms. The lowest BCUT2D eigenvalue weighted by Crippen LogP contribution is -2.38. The topological polar surface area (TPSA) is 21.2 Å². The van der Waals surface area contributed by atoms with E-state index in [2.05, 4.69) is 169 Å². The normalized spacial score (nSPS) is 18.2. The maximum Gasteiger partial charge on any atom is 0.300 e. The van der Waals surface area contributed by atoms with Crippen LogP contribution in [0.5, 0.6) is 0 Å². The van der Waals surface area contributed by atoms with E-state index in [-0.39, 0.29) is 17.4 Å². The Morgan fingerprint density at radius 2 is 1.42 bits per heavy atom. The van der Waals surface area contributed by atoms with E-state index in [9.17, 15) is 0 Å². The molecule has 3 aliphatic rings. The Morgan fingerprint density at radius 3 is 2.23 bits per heavy atom. The van der Waals surface area contributed by atoms with E-state index >= 15 is 0 Å². The quantitative estimate of drug-likeness (QED) is 0.165. The number of aliphatic imine (C=N–C) groups is 1. The monoisotopic (exact) mass is 684 g/mol. The van der Waals surface area contributed by atoms with Gasteiger partial charge >= 0.3 is 0 Å². The molecule has 0 saturated heterocycles. The van der Waals surface area contributed by atoms with Crippen molar-refractivity contribution in [3.05, 3.63) is 187 Å². The fraction of sp³-hybridized carbons (Fsp3) is 0.160. The van der Waals surface area contributed by atoms with Crippen LogP contribution in [0.4, 0.5) is 0 Å². The molecule has 2 aliphatic heterocycles. The lowest BCUT2D eigenvalue weighted by Gasteiger charge is -2.32. The third kappa shape index (κ3) is 4.80. The van der Waals surface area contributed by atoms with Crippen molar-refractivity contribution in [2.45, 2.75) is 50.5 Å². The molecule has 1 aromatic heterocycles. The summed E-state index contributed by atoms with van der Waals surface area (Å²) in [5, 5.41) is 0. The van der Waals surface area contributed by atoms with Crippen LogP contribution in [0, 0.1) is 0 Å². The van der Waals surface area contributed by atoms with Crippen LogP contribution in [-0.2, 0) is 11.8 Å². The fourth-order valence-electron chi connectivity index (χ4n) is 9.58. The molecule has 1 aliphatic carbocycles. The first-order chi connectivity index (χ1) is 25.9. The number of benzene rings is 6. The van der Waals surface area contributed by atoms with Crippen molar-refractivity contribution in [3.63, 3.8) is 0 Å². The van der Waals surface area contributed by atoms with Gasteiger partial charge in [-0.3, -0.25) is 4.99 Å². The number of para-hydroxylation sites is 2. The van der Waals surface area contributed by atoms with Gasteiger partial charge in [0.05, 0.1) is 17.3 Å². The van der Waals surface area contributed by atoms with E-state index in [0.29, 0.717) is 0 Å². The number of aromatic nitrogens is 2. The van der Waals surface area contributed by atoms with Gasteiger partial charge in [-0.05, 0) is 93.8 Å². The molecule has 10 rings (SSSR count). The van der Waals surface area contributed by atoms with Crippen LogP contribution >= 0.6 is 0 Å². The lowest BCUT2D eigenvalue weighted by molar-refractivity contribution is -0.542. The summed E-state index contributed by atoms with van der Waals surface area (Å²) < 4.78 is 4.92. The van der Waals surface area contributed by atoms with Crippen LogP contribution in [0.1, 0.15) is 60.4 Å². The van der Waals surface area contributed by atoms with Crippen molar-refractivity contribution in [1.29, 1.82) is 0 Å². The maximum atomic E-state index is 5.43. The Bertz CT molecular complexity index is 2650. The summed E-state index contributed by atoms with van der Waals surface area (Å²) in [5.41, 5.74) is 18.5. The summed E-state index contributed by atoms with van der Waals surface area (Å²) in [6, 6.07) is 51.4.